The minimum atomic E-state index is -4.20. The van der Waals surface area contributed by atoms with Gasteiger partial charge in [-0.1, -0.05) is 78.4 Å². The molecular weight excluding hydrogens is 522 g/mol. The summed E-state index contributed by atoms with van der Waals surface area (Å²) >= 11 is 0. The van der Waals surface area contributed by atoms with Crippen LogP contribution in [-0.2, 0) is 14.8 Å². The van der Waals surface area contributed by atoms with Crippen LogP contribution in [0.1, 0.15) is 30.0 Å². The molecule has 1 aliphatic carbocycles. The fourth-order valence-electron chi connectivity index (χ4n) is 6.43. The summed E-state index contributed by atoms with van der Waals surface area (Å²) in [6.45, 7) is 3.91. The second-order valence-corrected chi connectivity index (χ2v) is 12.6. The van der Waals surface area contributed by atoms with Crippen molar-refractivity contribution in [2.75, 3.05) is 10.9 Å². The van der Waals surface area contributed by atoms with Gasteiger partial charge in [0.05, 0.1) is 16.0 Å². The molecule has 0 saturated heterocycles. The summed E-state index contributed by atoms with van der Waals surface area (Å²) in [5.74, 6) is 0.727. The van der Waals surface area contributed by atoms with E-state index in [1.807, 2.05) is 80.6 Å². The monoisotopic (exact) mass is 549 g/mol. The zero-order valence-corrected chi connectivity index (χ0v) is 22.9. The molecule has 7 heteroatoms. The standard InChI is InChI=1S/C33H27NO5S/c1-22-16-18-24(19-17-22)40(36,37)34-26-13-7-6-12-25(26)30-29(23-10-4-3-5-11-23)33(20-32(30,2)31(34)35)21-38-27-14-8-9-15-28(27)39-33/h3-19H,20-21H2,1-2H3/t32-,33-/m1/s1. The molecule has 0 bridgehead atoms. The third kappa shape index (κ3) is 3.40. The van der Waals surface area contributed by atoms with Crippen LogP contribution in [0, 0.1) is 12.3 Å². The van der Waals surface area contributed by atoms with Crippen molar-refractivity contribution in [3.05, 3.63) is 120 Å². The molecule has 0 aromatic heterocycles. The first kappa shape index (κ1) is 24.7. The van der Waals surface area contributed by atoms with E-state index in [0.717, 1.165) is 26.6 Å². The average Bonchev–Trinajstić information content (AvgIpc) is 3.22. The maximum absolute atomic E-state index is 14.6. The number of benzene rings is 4. The van der Waals surface area contributed by atoms with E-state index in [-0.39, 0.29) is 17.9 Å². The highest BCUT2D eigenvalue weighted by Crippen LogP contribution is 2.63. The number of amides is 1. The van der Waals surface area contributed by atoms with Crippen molar-refractivity contribution in [2.24, 2.45) is 5.41 Å². The summed E-state index contributed by atoms with van der Waals surface area (Å²) < 4.78 is 42.3. The Hall–Kier alpha value is -4.36. The molecule has 1 amide bonds. The fraction of sp³-hybridized carbons (Fsp3) is 0.182. The molecule has 4 aromatic rings. The van der Waals surface area contributed by atoms with E-state index in [9.17, 15) is 13.2 Å². The number of hydrogen-bond donors (Lipinski definition) is 0. The lowest BCUT2D eigenvalue weighted by molar-refractivity contribution is -0.125. The molecule has 2 atom stereocenters. The number of para-hydroxylation sites is 3. The normalized spacial score (nSPS) is 23.2. The summed E-state index contributed by atoms with van der Waals surface area (Å²) in [5.41, 5.74) is 2.28. The first-order valence-electron chi connectivity index (χ1n) is 13.2. The molecule has 0 saturated carbocycles. The number of fused-ring (bicyclic) bond motifs is 4. The molecule has 0 radical (unpaired) electrons. The number of carbonyl (C=O) groups excluding carboxylic acids is 1. The van der Waals surface area contributed by atoms with E-state index in [1.54, 1.807) is 36.4 Å². The van der Waals surface area contributed by atoms with Gasteiger partial charge in [0.25, 0.3) is 15.9 Å². The SMILES string of the molecule is Cc1ccc(S(=O)(=O)N2C(=O)[C@]3(C)C[C@@]4(COc5ccccc5O4)C(c4ccccc4)=C3c3ccccc32)cc1. The second-order valence-electron chi connectivity index (χ2n) is 10.9. The molecular formula is C33H27NO5S. The van der Waals surface area contributed by atoms with E-state index in [4.69, 9.17) is 9.47 Å². The Bertz CT molecular complexity index is 1810. The van der Waals surface area contributed by atoms with Crippen LogP contribution in [0.4, 0.5) is 5.69 Å². The lowest BCUT2D eigenvalue weighted by atomic mass is 9.75. The molecule has 3 aliphatic rings. The van der Waals surface area contributed by atoms with Crippen LogP contribution in [0.2, 0.25) is 0 Å². The molecule has 4 aromatic carbocycles. The number of anilines is 1. The molecule has 2 aliphatic heterocycles. The Morgan fingerprint density at radius 3 is 2.17 bits per heavy atom. The van der Waals surface area contributed by atoms with Gasteiger partial charge in [-0.3, -0.25) is 4.79 Å². The van der Waals surface area contributed by atoms with Gasteiger partial charge in [0, 0.05) is 17.6 Å². The summed E-state index contributed by atoms with van der Waals surface area (Å²) in [7, 11) is -4.20. The lowest BCUT2D eigenvalue weighted by Crippen LogP contribution is -2.51. The Morgan fingerprint density at radius 2 is 1.43 bits per heavy atom. The van der Waals surface area contributed by atoms with E-state index < -0.39 is 26.9 Å². The first-order valence-corrected chi connectivity index (χ1v) is 14.7. The van der Waals surface area contributed by atoms with Gasteiger partial charge < -0.3 is 9.47 Å². The number of aryl methyl sites for hydroxylation is 1. The first-order chi connectivity index (χ1) is 19.2. The molecule has 1 spiro atoms. The van der Waals surface area contributed by atoms with Gasteiger partial charge in [0.15, 0.2) is 17.1 Å². The number of rotatable bonds is 3. The predicted octanol–water partition coefficient (Wildman–Crippen LogP) is 6.26. The van der Waals surface area contributed by atoms with E-state index in [2.05, 4.69) is 0 Å². The molecule has 200 valence electrons. The fourth-order valence-corrected chi connectivity index (χ4v) is 7.96. The molecule has 40 heavy (non-hydrogen) atoms. The molecule has 0 N–H and O–H groups in total. The van der Waals surface area contributed by atoms with Crippen molar-refractivity contribution in [1.82, 2.24) is 0 Å². The van der Waals surface area contributed by atoms with Gasteiger partial charge in [-0.2, -0.15) is 0 Å². The molecule has 0 fully saturated rings. The van der Waals surface area contributed by atoms with Crippen LogP contribution < -0.4 is 13.8 Å². The molecule has 6 nitrogen and oxygen atoms in total. The Balaban J connectivity index is 1.50. The maximum Gasteiger partial charge on any atom is 0.270 e. The minimum Gasteiger partial charge on any atom is -0.485 e. The highest BCUT2D eigenvalue weighted by Gasteiger charge is 2.63. The zero-order chi connectivity index (χ0) is 27.7. The number of sulfonamides is 1. The van der Waals surface area contributed by atoms with Crippen LogP contribution in [0.5, 0.6) is 11.5 Å². The van der Waals surface area contributed by atoms with Gasteiger partial charge in [-0.25, -0.2) is 12.7 Å². The third-order valence-electron chi connectivity index (χ3n) is 8.18. The number of hydrogen-bond acceptors (Lipinski definition) is 5. The van der Waals surface area contributed by atoms with Crippen LogP contribution >= 0.6 is 0 Å². The Morgan fingerprint density at radius 1 is 0.775 bits per heavy atom. The highest BCUT2D eigenvalue weighted by molar-refractivity contribution is 7.93. The topological polar surface area (TPSA) is 72.9 Å². The second kappa shape index (κ2) is 8.57. The van der Waals surface area contributed by atoms with Crippen molar-refractivity contribution < 1.29 is 22.7 Å². The van der Waals surface area contributed by atoms with Crippen molar-refractivity contribution in [1.29, 1.82) is 0 Å². The summed E-state index contributed by atoms with van der Waals surface area (Å²) in [5, 5.41) is 0. The molecule has 7 rings (SSSR count). The smallest absolute Gasteiger partial charge is 0.270 e. The van der Waals surface area contributed by atoms with Gasteiger partial charge >= 0.3 is 0 Å². The van der Waals surface area contributed by atoms with Crippen molar-refractivity contribution in [2.45, 2.75) is 30.8 Å². The van der Waals surface area contributed by atoms with Crippen LogP contribution in [0.15, 0.2) is 108 Å². The number of carbonyl (C=O) groups is 1. The Kier molecular flexibility index (Phi) is 5.28. The number of nitrogens with zero attached hydrogens (tertiary/aromatic N) is 1. The molecule has 0 unspecified atom stereocenters. The van der Waals surface area contributed by atoms with Gasteiger partial charge in [0.1, 0.15) is 6.61 Å². The summed E-state index contributed by atoms with van der Waals surface area (Å²) in [4.78, 5) is 14.7. The largest absolute Gasteiger partial charge is 0.485 e. The van der Waals surface area contributed by atoms with Gasteiger partial charge in [-0.05, 0) is 55.3 Å². The van der Waals surface area contributed by atoms with Crippen molar-refractivity contribution >= 4 is 32.8 Å². The minimum absolute atomic E-state index is 0.0689. The van der Waals surface area contributed by atoms with Gasteiger partial charge in [0.2, 0.25) is 0 Å². The molecule has 2 heterocycles. The zero-order valence-electron chi connectivity index (χ0n) is 22.1. The van der Waals surface area contributed by atoms with Gasteiger partial charge in [-0.15, -0.1) is 0 Å². The average molecular weight is 550 g/mol. The summed E-state index contributed by atoms with van der Waals surface area (Å²) in [6.07, 6.45) is 0.223. The quantitative estimate of drug-likeness (QED) is 0.302. The van der Waals surface area contributed by atoms with Crippen molar-refractivity contribution in [3.63, 3.8) is 0 Å². The lowest BCUT2D eigenvalue weighted by Gasteiger charge is -2.41. The Labute approximate surface area is 233 Å². The van der Waals surface area contributed by atoms with Crippen molar-refractivity contribution in [3.8, 4) is 11.5 Å². The highest BCUT2D eigenvalue weighted by atomic mass is 32.2. The van der Waals surface area contributed by atoms with E-state index >= 15 is 0 Å². The van der Waals surface area contributed by atoms with Crippen LogP contribution in [0.3, 0.4) is 0 Å². The van der Waals surface area contributed by atoms with Crippen LogP contribution in [0.25, 0.3) is 11.1 Å². The van der Waals surface area contributed by atoms with E-state index in [0.29, 0.717) is 22.7 Å². The third-order valence-corrected chi connectivity index (χ3v) is 9.89. The van der Waals surface area contributed by atoms with E-state index in [1.165, 1.54) is 0 Å². The number of ether oxygens (including phenoxy) is 2. The summed E-state index contributed by atoms with van der Waals surface area (Å²) in [6, 6.07) is 31.2. The van der Waals surface area contributed by atoms with Crippen LogP contribution in [-0.4, -0.2) is 26.5 Å². The predicted molar refractivity (Wildman–Crippen MR) is 154 cm³/mol. The maximum atomic E-state index is 14.6.